The predicted octanol–water partition coefficient (Wildman–Crippen LogP) is 2.37. The molecule has 4 nitrogen and oxygen atoms in total. The van der Waals surface area contributed by atoms with Gasteiger partial charge in [0.05, 0.1) is 23.4 Å². The fourth-order valence-corrected chi connectivity index (χ4v) is 2.87. The van der Waals surface area contributed by atoms with Crippen molar-refractivity contribution in [3.05, 3.63) is 29.1 Å². The first-order chi connectivity index (χ1) is 9.46. The van der Waals surface area contributed by atoms with E-state index in [1.165, 1.54) is 0 Å². The third-order valence-corrected chi connectivity index (χ3v) is 4.38. The first-order valence-electron chi connectivity index (χ1n) is 7.33. The number of rotatable bonds is 3. The molecule has 0 radical (unpaired) electrons. The summed E-state index contributed by atoms with van der Waals surface area (Å²) in [5, 5.41) is 12.8. The van der Waals surface area contributed by atoms with Gasteiger partial charge in [-0.2, -0.15) is 0 Å². The van der Waals surface area contributed by atoms with Crippen molar-refractivity contribution >= 4 is 5.91 Å². The van der Waals surface area contributed by atoms with E-state index in [1.807, 2.05) is 26.0 Å². The fraction of sp³-hybridized carbons (Fsp3) is 0.625. The van der Waals surface area contributed by atoms with E-state index in [1.54, 1.807) is 0 Å². The van der Waals surface area contributed by atoms with Crippen LogP contribution in [0.15, 0.2) is 12.1 Å². The van der Waals surface area contributed by atoms with Gasteiger partial charge in [0, 0.05) is 5.69 Å². The zero-order chi connectivity index (χ0) is 14.8. The lowest BCUT2D eigenvalue weighted by molar-refractivity contribution is 0.0716. The highest BCUT2D eigenvalue weighted by atomic mass is 16.3. The minimum absolute atomic E-state index is 0.00377. The first kappa shape index (κ1) is 15.0. The lowest BCUT2D eigenvalue weighted by Gasteiger charge is -2.38. The topological polar surface area (TPSA) is 62.2 Å². The maximum atomic E-state index is 12.4. The monoisotopic (exact) mass is 276 g/mol. The van der Waals surface area contributed by atoms with Gasteiger partial charge >= 0.3 is 0 Å². The van der Waals surface area contributed by atoms with Crippen LogP contribution in [0.5, 0.6) is 0 Å². The van der Waals surface area contributed by atoms with Gasteiger partial charge in [-0.25, -0.2) is 0 Å². The molecule has 0 aliphatic heterocycles. The third kappa shape index (κ3) is 3.18. The first-order valence-corrected chi connectivity index (χ1v) is 7.33. The maximum absolute atomic E-state index is 12.4. The van der Waals surface area contributed by atoms with E-state index < -0.39 is 5.54 Å². The van der Waals surface area contributed by atoms with Gasteiger partial charge in [-0.3, -0.25) is 9.78 Å². The number of hydrogen-bond acceptors (Lipinski definition) is 3. The summed E-state index contributed by atoms with van der Waals surface area (Å²) in [5.41, 5.74) is 1.78. The number of nitrogens with one attached hydrogen (secondary N) is 1. The van der Waals surface area contributed by atoms with Crippen molar-refractivity contribution in [1.82, 2.24) is 10.3 Å². The Balaban J connectivity index is 2.13. The van der Waals surface area contributed by atoms with Crippen molar-refractivity contribution in [2.24, 2.45) is 5.92 Å². The van der Waals surface area contributed by atoms with E-state index in [4.69, 9.17) is 0 Å². The second kappa shape index (κ2) is 5.92. The van der Waals surface area contributed by atoms with Crippen LogP contribution in [0.1, 0.15) is 54.4 Å². The summed E-state index contributed by atoms with van der Waals surface area (Å²) < 4.78 is 0. The van der Waals surface area contributed by atoms with Gasteiger partial charge in [0.2, 0.25) is 0 Å². The lowest BCUT2D eigenvalue weighted by atomic mass is 9.77. The quantitative estimate of drug-likeness (QED) is 0.891. The summed E-state index contributed by atoms with van der Waals surface area (Å²) in [4.78, 5) is 16.8. The van der Waals surface area contributed by atoms with Crippen molar-refractivity contribution < 1.29 is 9.90 Å². The maximum Gasteiger partial charge on any atom is 0.253 e. The molecule has 2 N–H and O–H groups in total. The second-order valence-electron chi connectivity index (χ2n) is 6.16. The molecule has 1 aromatic heterocycles. The number of carbonyl (C=O) groups is 1. The second-order valence-corrected chi connectivity index (χ2v) is 6.16. The Hall–Kier alpha value is -1.42. The van der Waals surface area contributed by atoms with E-state index in [9.17, 15) is 9.90 Å². The predicted molar refractivity (Wildman–Crippen MR) is 78.6 cm³/mol. The molecule has 0 aromatic carbocycles. The largest absolute Gasteiger partial charge is 0.394 e. The Bertz CT molecular complexity index is 491. The average Bonchev–Trinajstić information content (AvgIpc) is 2.41. The summed E-state index contributed by atoms with van der Waals surface area (Å²) >= 11 is 0. The molecule has 4 heteroatoms. The number of aliphatic hydroxyl groups is 1. The Morgan fingerprint density at radius 1 is 1.40 bits per heavy atom. The summed E-state index contributed by atoms with van der Waals surface area (Å²) in [6.45, 7) is 5.98. The molecule has 0 atom stereocenters. The molecule has 1 amide bonds. The molecular weight excluding hydrogens is 252 g/mol. The Labute approximate surface area is 120 Å². The van der Waals surface area contributed by atoms with Gasteiger partial charge in [0.15, 0.2) is 0 Å². The van der Waals surface area contributed by atoms with Crippen LogP contribution in [0.4, 0.5) is 0 Å². The molecule has 2 rings (SSSR count). The Kier molecular flexibility index (Phi) is 4.43. The van der Waals surface area contributed by atoms with Crippen LogP contribution in [0.2, 0.25) is 0 Å². The zero-order valence-corrected chi connectivity index (χ0v) is 12.6. The minimum atomic E-state index is -0.457. The highest BCUT2D eigenvalue weighted by Gasteiger charge is 2.35. The van der Waals surface area contributed by atoms with Crippen LogP contribution < -0.4 is 5.32 Å². The summed E-state index contributed by atoms with van der Waals surface area (Å²) in [7, 11) is 0. The molecule has 1 aliphatic carbocycles. The highest BCUT2D eigenvalue weighted by Crippen LogP contribution is 2.31. The van der Waals surface area contributed by atoms with Crippen LogP contribution in [0.25, 0.3) is 0 Å². The van der Waals surface area contributed by atoms with Crippen molar-refractivity contribution in [2.45, 2.75) is 52.0 Å². The fourth-order valence-electron chi connectivity index (χ4n) is 2.87. The molecule has 1 aromatic rings. The summed E-state index contributed by atoms with van der Waals surface area (Å²) in [5.74, 6) is 0.549. The molecule has 1 aliphatic rings. The van der Waals surface area contributed by atoms with Gasteiger partial charge in [0.25, 0.3) is 5.91 Å². The van der Waals surface area contributed by atoms with Gasteiger partial charge < -0.3 is 10.4 Å². The van der Waals surface area contributed by atoms with Crippen molar-refractivity contribution in [2.75, 3.05) is 6.61 Å². The van der Waals surface area contributed by atoms with E-state index in [-0.39, 0.29) is 12.5 Å². The van der Waals surface area contributed by atoms with Gasteiger partial charge in [-0.15, -0.1) is 0 Å². The van der Waals surface area contributed by atoms with Crippen LogP contribution in [-0.2, 0) is 0 Å². The van der Waals surface area contributed by atoms with E-state index in [0.29, 0.717) is 11.5 Å². The average molecular weight is 276 g/mol. The van der Waals surface area contributed by atoms with Crippen molar-refractivity contribution in [1.29, 1.82) is 0 Å². The van der Waals surface area contributed by atoms with Crippen molar-refractivity contribution in [3.8, 4) is 0 Å². The molecule has 110 valence electrons. The molecule has 0 unspecified atom stereocenters. The number of pyridine rings is 1. The lowest BCUT2D eigenvalue weighted by Crippen LogP contribution is -2.53. The molecular formula is C16H24N2O2. The smallest absolute Gasteiger partial charge is 0.253 e. The molecule has 0 spiro atoms. The molecule has 20 heavy (non-hydrogen) atoms. The summed E-state index contributed by atoms with van der Waals surface area (Å²) in [6.07, 6.45) is 3.78. The SMILES string of the molecule is Cc1ccc(C(=O)NC2(CO)CCC(C)CC2)c(C)n1. The number of hydrogen-bond donors (Lipinski definition) is 2. The van der Waals surface area contributed by atoms with Crippen LogP contribution in [0, 0.1) is 19.8 Å². The normalized spacial score (nSPS) is 26.3. The zero-order valence-electron chi connectivity index (χ0n) is 12.6. The minimum Gasteiger partial charge on any atom is -0.394 e. The van der Waals surface area contributed by atoms with Crippen LogP contribution in [-0.4, -0.2) is 28.1 Å². The molecule has 0 bridgehead atoms. The van der Waals surface area contributed by atoms with E-state index >= 15 is 0 Å². The van der Waals surface area contributed by atoms with Gasteiger partial charge in [0.1, 0.15) is 0 Å². The van der Waals surface area contributed by atoms with Crippen LogP contribution in [0.3, 0.4) is 0 Å². The van der Waals surface area contributed by atoms with Gasteiger partial charge in [-0.05, 0) is 57.6 Å². The molecule has 1 saturated carbocycles. The number of carbonyl (C=O) groups excluding carboxylic acids is 1. The summed E-state index contributed by atoms with van der Waals surface area (Å²) in [6, 6.07) is 3.65. The number of aromatic nitrogens is 1. The molecule has 1 fully saturated rings. The van der Waals surface area contributed by atoms with Gasteiger partial charge in [-0.1, -0.05) is 6.92 Å². The van der Waals surface area contributed by atoms with Crippen LogP contribution >= 0.6 is 0 Å². The van der Waals surface area contributed by atoms with E-state index in [0.717, 1.165) is 37.1 Å². The Morgan fingerprint density at radius 2 is 2.05 bits per heavy atom. The number of aliphatic hydroxyl groups excluding tert-OH is 1. The molecule has 0 saturated heterocycles. The van der Waals surface area contributed by atoms with Crippen molar-refractivity contribution in [3.63, 3.8) is 0 Å². The Morgan fingerprint density at radius 3 is 2.60 bits per heavy atom. The highest BCUT2D eigenvalue weighted by molar-refractivity contribution is 5.95. The number of aryl methyl sites for hydroxylation is 2. The number of nitrogens with zero attached hydrogens (tertiary/aromatic N) is 1. The molecule has 1 heterocycles. The van der Waals surface area contributed by atoms with E-state index in [2.05, 4.69) is 17.2 Å². The standard InChI is InChI=1S/C16H24N2O2/c1-11-6-8-16(10-19,9-7-11)18-15(20)14-5-4-12(2)17-13(14)3/h4-5,11,19H,6-10H2,1-3H3,(H,18,20). The number of amides is 1. The third-order valence-electron chi connectivity index (χ3n) is 4.38.